The average Bonchev–Trinajstić information content (AvgIpc) is 2.65. The smallest absolute Gasteiger partial charge is 0.336 e. The molecule has 0 fully saturated rings. The summed E-state index contributed by atoms with van der Waals surface area (Å²) in [4.78, 5) is 12.9. The summed E-state index contributed by atoms with van der Waals surface area (Å²) in [6, 6.07) is 5.37. The number of esters is 1. The van der Waals surface area contributed by atoms with Gasteiger partial charge < -0.3 is 15.2 Å². The molecule has 1 atom stereocenters. The molecule has 0 spiro atoms. The van der Waals surface area contributed by atoms with Crippen LogP contribution in [-0.2, 0) is 9.53 Å². The fourth-order valence-electron chi connectivity index (χ4n) is 3.23. The van der Waals surface area contributed by atoms with Gasteiger partial charge in [-0.15, -0.1) is 11.8 Å². The van der Waals surface area contributed by atoms with E-state index in [-0.39, 0.29) is 18.5 Å². The number of carbonyl (C=O) groups is 1. The van der Waals surface area contributed by atoms with E-state index in [9.17, 15) is 4.79 Å². The molecule has 0 amide bonds. The summed E-state index contributed by atoms with van der Waals surface area (Å²) < 4.78 is 5.39. The number of ether oxygens (including phenoxy) is 1. The van der Waals surface area contributed by atoms with Gasteiger partial charge in [-0.05, 0) is 50.0 Å². The largest absolute Gasteiger partial charge is 0.463 e. The van der Waals surface area contributed by atoms with E-state index in [1.54, 1.807) is 30.8 Å². The van der Waals surface area contributed by atoms with Crippen LogP contribution in [0.5, 0.6) is 0 Å². The molecule has 4 nitrogen and oxygen atoms in total. The Labute approximate surface area is 181 Å². The number of aliphatic hydroxyl groups is 1. The van der Waals surface area contributed by atoms with Gasteiger partial charge in [-0.2, -0.15) is 0 Å². The van der Waals surface area contributed by atoms with Gasteiger partial charge in [0.2, 0.25) is 0 Å². The van der Waals surface area contributed by atoms with E-state index in [2.05, 4.69) is 12.2 Å². The van der Waals surface area contributed by atoms with E-state index in [1.165, 1.54) is 0 Å². The van der Waals surface area contributed by atoms with Gasteiger partial charge in [0.1, 0.15) is 0 Å². The van der Waals surface area contributed by atoms with Gasteiger partial charge in [0, 0.05) is 34.0 Å². The first-order valence-electron chi connectivity index (χ1n) is 9.51. The molecular formula is C21H27Cl2NO3S. The predicted octanol–water partition coefficient (Wildman–Crippen LogP) is 5.64. The third-order valence-corrected chi connectivity index (χ3v) is 6.26. The molecule has 2 N–H and O–H groups in total. The van der Waals surface area contributed by atoms with Crippen LogP contribution >= 0.6 is 35.0 Å². The molecule has 1 heterocycles. The fourth-order valence-corrected chi connectivity index (χ4v) is 4.77. The van der Waals surface area contributed by atoms with Crippen molar-refractivity contribution in [2.24, 2.45) is 0 Å². The van der Waals surface area contributed by atoms with Gasteiger partial charge in [-0.1, -0.05) is 42.6 Å². The number of nitrogens with one attached hydrogen (secondary N) is 1. The van der Waals surface area contributed by atoms with E-state index >= 15 is 0 Å². The topological polar surface area (TPSA) is 58.6 Å². The first-order valence-corrected chi connectivity index (χ1v) is 11.2. The number of benzene rings is 1. The van der Waals surface area contributed by atoms with E-state index < -0.39 is 0 Å². The second-order valence-electron chi connectivity index (χ2n) is 6.52. The van der Waals surface area contributed by atoms with Gasteiger partial charge in [0.25, 0.3) is 0 Å². The summed E-state index contributed by atoms with van der Waals surface area (Å²) in [5.41, 5.74) is 3.32. The average molecular weight is 444 g/mol. The molecule has 0 saturated carbocycles. The van der Waals surface area contributed by atoms with Crippen LogP contribution in [-0.4, -0.2) is 30.0 Å². The Bertz CT molecular complexity index is 777. The van der Waals surface area contributed by atoms with Gasteiger partial charge in [0.05, 0.1) is 17.2 Å². The van der Waals surface area contributed by atoms with E-state index in [0.29, 0.717) is 28.6 Å². The minimum atomic E-state index is -0.326. The summed E-state index contributed by atoms with van der Waals surface area (Å²) in [5.74, 6) is 0.155. The van der Waals surface area contributed by atoms with Crippen LogP contribution in [0.2, 0.25) is 10.0 Å². The second kappa shape index (κ2) is 11.1. The fraction of sp³-hybridized carbons (Fsp3) is 0.476. The predicted molar refractivity (Wildman–Crippen MR) is 118 cm³/mol. The quantitative estimate of drug-likeness (QED) is 0.381. The molecule has 1 aromatic rings. The number of hydrogen-bond donors (Lipinski definition) is 2. The number of hydrogen-bond acceptors (Lipinski definition) is 5. The SMILES string of the molecule is CCCC1=C(C(=O)OCC)C(c2ccc(Cl)cc2Cl)C(C)=C(SCCCO)N1. The van der Waals surface area contributed by atoms with Gasteiger partial charge >= 0.3 is 5.97 Å². The Balaban J connectivity index is 2.59. The van der Waals surface area contributed by atoms with Crippen molar-refractivity contribution in [2.75, 3.05) is 19.0 Å². The lowest BCUT2D eigenvalue weighted by molar-refractivity contribution is -0.138. The molecular weight excluding hydrogens is 417 g/mol. The highest BCUT2D eigenvalue weighted by molar-refractivity contribution is 8.03. The zero-order valence-corrected chi connectivity index (χ0v) is 18.8. The molecule has 2 rings (SSSR count). The highest BCUT2D eigenvalue weighted by Crippen LogP contribution is 2.44. The first kappa shape index (κ1) is 23.1. The van der Waals surface area contributed by atoms with Crippen molar-refractivity contribution >= 4 is 40.9 Å². The Morgan fingerprint density at radius 3 is 2.68 bits per heavy atom. The van der Waals surface area contributed by atoms with Gasteiger partial charge in [0.15, 0.2) is 0 Å². The summed E-state index contributed by atoms with van der Waals surface area (Å²) in [7, 11) is 0. The van der Waals surface area contributed by atoms with Gasteiger partial charge in [-0.3, -0.25) is 0 Å². The van der Waals surface area contributed by atoms with Crippen LogP contribution in [0, 0.1) is 0 Å². The van der Waals surface area contributed by atoms with Crippen LogP contribution in [0.1, 0.15) is 51.5 Å². The maximum Gasteiger partial charge on any atom is 0.336 e. The third-order valence-electron chi connectivity index (χ3n) is 4.49. The maximum absolute atomic E-state index is 12.9. The monoisotopic (exact) mass is 443 g/mol. The second-order valence-corrected chi connectivity index (χ2v) is 8.47. The Kier molecular flexibility index (Phi) is 9.22. The van der Waals surface area contributed by atoms with Crippen LogP contribution in [0.25, 0.3) is 0 Å². The van der Waals surface area contributed by atoms with Crippen LogP contribution in [0.3, 0.4) is 0 Å². The zero-order valence-electron chi connectivity index (χ0n) is 16.5. The summed E-state index contributed by atoms with van der Waals surface area (Å²) >= 11 is 14.3. The lowest BCUT2D eigenvalue weighted by atomic mass is 9.82. The number of halogens is 2. The normalized spacial score (nSPS) is 17.0. The van der Waals surface area contributed by atoms with Crippen molar-refractivity contribution < 1.29 is 14.6 Å². The molecule has 0 bridgehead atoms. The molecule has 0 saturated heterocycles. The lowest BCUT2D eigenvalue weighted by Crippen LogP contribution is -2.29. The summed E-state index contributed by atoms with van der Waals surface area (Å²) in [6.07, 6.45) is 2.32. The number of rotatable bonds is 9. The molecule has 28 heavy (non-hydrogen) atoms. The first-order chi connectivity index (χ1) is 13.4. The summed E-state index contributed by atoms with van der Waals surface area (Å²) in [6.45, 7) is 6.34. The Morgan fingerprint density at radius 2 is 2.07 bits per heavy atom. The summed E-state index contributed by atoms with van der Waals surface area (Å²) in [5, 5.41) is 14.6. The molecule has 0 aromatic heterocycles. The standard InChI is InChI=1S/C21H27Cl2NO3S/c1-4-7-17-19(21(26)27-5-2)18(15-9-8-14(22)12-16(15)23)13(3)20(24-17)28-11-6-10-25/h8-9,12,18,24-25H,4-7,10-11H2,1-3H3. The van der Waals surface area contributed by atoms with E-state index in [0.717, 1.165) is 40.5 Å². The van der Waals surface area contributed by atoms with Crippen LogP contribution in [0.15, 0.2) is 40.1 Å². The number of thioether (sulfide) groups is 1. The van der Waals surface area contributed by atoms with E-state index in [1.807, 2.05) is 13.0 Å². The molecule has 0 radical (unpaired) electrons. The molecule has 154 valence electrons. The van der Waals surface area contributed by atoms with E-state index in [4.69, 9.17) is 33.0 Å². The van der Waals surface area contributed by atoms with Crippen molar-refractivity contribution in [1.82, 2.24) is 5.32 Å². The third kappa shape index (κ3) is 5.47. The Hall–Kier alpha value is -1.14. The lowest BCUT2D eigenvalue weighted by Gasteiger charge is -2.32. The van der Waals surface area contributed by atoms with Crippen molar-refractivity contribution in [2.45, 2.75) is 46.0 Å². The van der Waals surface area contributed by atoms with Crippen LogP contribution in [0.4, 0.5) is 0 Å². The molecule has 7 heteroatoms. The highest BCUT2D eigenvalue weighted by atomic mass is 35.5. The molecule has 1 unspecified atom stereocenters. The Morgan fingerprint density at radius 1 is 1.32 bits per heavy atom. The van der Waals surface area contributed by atoms with Gasteiger partial charge in [-0.25, -0.2) is 4.79 Å². The van der Waals surface area contributed by atoms with Crippen molar-refractivity contribution in [3.63, 3.8) is 0 Å². The van der Waals surface area contributed by atoms with Crippen molar-refractivity contribution in [3.05, 3.63) is 55.7 Å². The van der Waals surface area contributed by atoms with Crippen LogP contribution < -0.4 is 5.32 Å². The molecule has 0 aliphatic carbocycles. The molecule has 1 aliphatic heterocycles. The van der Waals surface area contributed by atoms with Crippen molar-refractivity contribution in [3.8, 4) is 0 Å². The van der Waals surface area contributed by atoms with Crippen molar-refractivity contribution in [1.29, 1.82) is 0 Å². The number of aliphatic hydroxyl groups excluding tert-OH is 1. The minimum absolute atomic E-state index is 0.150. The highest BCUT2D eigenvalue weighted by Gasteiger charge is 2.35. The maximum atomic E-state index is 12.9. The molecule has 1 aliphatic rings. The minimum Gasteiger partial charge on any atom is -0.463 e. The number of dihydropyridines is 1. The zero-order chi connectivity index (χ0) is 20.7. The number of allylic oxidation sites excluding steroid dienone is 2. The molecule has 1 aromatic carbocycles. The number of carbonyl (C=O) groups excluding carboxylic acids is 1.